The third kappa shape index (κ3) is 3.46. The Labute approximate surface area is 164 Å². The zero-order valence-electron chi connectivity index (χ0n) is 16.9. The van der Waals surface area contributed by atoms with Gasteiger partial charge in [-0.2, -0.15) is 0 Å². The summed E-state index contributed by atoms with van der Waals surface area (Å²) in [6.45, 7) is 6.55. The Morgan fingerprint density at radius 1 is 1.21 bits per heavy atom. The lowest BCUT2D eigenvalue weighted by molar-refractivity contribution is 0.0962. The molecule has 0 fully saturated rings. The highest BCUT2D eigenvalue weighted by Crippen LogP contribution is 2.38. The number of hydrogen-bond acceptors (Lipinski definition) is 4. The van der Waals surface area contributed by atoms with E-state index in [1.165, 1.54) is 14.2 Å². The molecule has 1 aliphatic rings. The quantitative estimate of drug-likeness (QED) is 0.786. The largest absolute Gasteiger partial charge is 0.493 e. The lowest BCUT2D eigenvalue weighted by Gasteiger charge is -2.21. The summed E-state index contributed by atoms with van der Waals surface area (Å²) in [6, 6.07) is 9.20. The summed E-state index contributed by atoms with van der Waals surface area (Å²) in [5.41, 5.74) is 2.36. The van der Waals surface area contributed by atoms with Crippen LogP contribution < -0.4 is 9.47 Å². The molecule has 1 heterocycles. The van der Waals surface area contributed by atoms with Crippen LogP contribution in [0, 0.1) is 11.2 Å². The first-order chi connectivity index (χ1) is 13.2. The Morgan fingerprint density at radius 3 is 2.54 bits per heavy atom. The van der Waals surface area contributed by atoms with Crippen LogP contribution in [0.2, 0.25) is 0 Å². The number of halogens is 1. The van der Waals surface area contributed by atoms with Crippen LogP contribution in [0.25, 0.3) is 0 Å². The van der Waals surface area contributed by atoms with Gasteiger partial charge in [0.1, 0.15) is 5.84 Å². The van der Waals surface area contributed by atoms with Crippen LogP contribution in [0.4, 0.5) is 4.39 Å². The lowest BCUT2D eigenvalue weighted by Crippen LogP contribution is -2.30. The van der Waals surface area contributed by atoms with Gasteiger partial charge in [-0.05, 0) is 28.7 Å². The number of nitrogens with zero attached hydrogens (tertiary/aromatic N) is 1. The molecule has 2 aromatic carbocycles. The second-order valence-corrected chi connectivity index (χ2v) is 7.92. The number of Topliss-reactive ketones (excluding diaryl/α,β-unsaturated/α-hetero) is 1. The van der Waals surface area contributed by atoms with Crippen LogP contribution in [0.3, 0.4) is 0 Å². The number of nitrogens with one attached hydrogen (secondary N) is 1. The molecule has 0 saturated carbocycles. The maximum absolute atomic E-state index is 14.8. The van der Waals surface area contributed by atoms with Gasteiger partial charge in [0.25, 0.3) is 0 Å². The molecule has 5 nitrogen and oxygen atoms in total. The molecule has 0 aliphatic carbocycles. The maximum Gasteiger partial charge on any atom is 0.197 e. The molecule has 28 heavy (non-hydrogen) atoms. The molecule has 0 aromatic heterocycles. The lowest BCUT2D eigenvalue weighted by atomic mass is 9.86. The van der Waals surface area contributed by atoms with Crippen molar-refractivity contribution in [2.75, 3.05) is 20.8 Å². The van der Waals surface area contributed by atoms with E-state index in [1.54, 1.807) is 17.0 Å². The topological polar surface area (TPSA) is 62.6 Å². The van der Waals surface area contributed by atoms with Crippen LogP contribution in [0.15, 0.2) is 30.3 Å². The van der Waals surface area contributed by atoms with E-state index in [-0.39, 0.29) is 47.2 Å². The van der Waals surface area contributed by atoms with Crippen LogP contribution in [0.5, 0.6) is 11.5 Å². The molecule has 0 saturated heterocycles. The van der Waals surface area contributed by atoms with Crippen molar-refractivity contribution >= 4 is 11.6 Å². The van der Waals surface area contributed by atoms with Gasteiger partial charge in [0.05, 0.1) is 26.3 Å². The zero-order valence-corrected chi connectivity index (χ0v) is 16.9. The number of ether oxygens (including phenoxy) is 2. The summed E-state index contributed by atoms with van der Waals surface area (Å²) in [4.78, 5) is 14.4. The molecule has 0 amide bonds. The molecule has 0 bridgehead atoms. The molecule has 0 spiro atoms. The molecule has 6 heteroatoms. The van der Waals surface area contributed by atoms with Gasteiger partial charge >= 0.3 is 0 Å². The summed E-state index contributed by atoms with van der Waals surface area (Å²) < 4.78 is 25.1. The third-order valence-electron chi connectivity index (χ3n) is 4.99. The van der Waals surface area contributed by atoms with E-state index in [1.807, 2.05) is 18.2 Å². The average Bonchev–Trinajstić information content (AvgIpc) is 2.96. The van der Waals surface area contributed by atoms with E-state index >= 15 is 0 Å². The predicted octanol–water partition coefficient (Wildman–Crippen LogP) is 4.16. The molecule has 1 N–H and O–H groups in total. The second kappa shape index (κ2) is 7.26. The van der Waals surface area contributed by atoms with E-state index in [4.69, 9.17) is 14.9 Å². The van der Waals surface area contributed by atoms with Crippen molar-refractivity contribution in [1.29, 1.82) is 5.41 Å². The van der Waals surface area contributed by atoms with Gasteiger partial charge in [-0.25, -0.2) is 4.39 Å². The Morgan fingerprint density at radius 2 is 1.93 bits per heavy atom. The fourth-order valence-corrected chi connectivity index (χ4v) is 3.38. The molecule has 0 unspecified atom stereocenters. The number of rotatable bonds is 5. The fraction of sp³-hybridized carbons (Fsp3) is 0.364. The zero-order chi connectivity index (χ0) is 20.6. The SMILES string of the molecule is COc1cc2c(c(F)c1OC)C(=N)N(CC(=O)c1cccc(C(C)(C)C)c1)C2. The minimum Gasteiger partial charge on any atom is -0.493 e. The number of hydrogen-bond donors (Lipinski definition) is 1. The number of amidine groups is 1. The minimum absolute atomic E-state index is 0.00514. The second-order valence-electron chi connectivity index (χ2n) is 7.92. The molecule has 0 radical (unpaired) electrons. The first-order valence-corrected chi connectivity index (χ1v) is 9.08. The van der Waals surface area contributed by atoms with Crippen molar-refractivity contribution in [3.8, 4) is 11.5 Å². The first kappa shape index (κ1) is 19.9. The van der Waals surface area contributed by atoms with Gasteiger partial charge < -0.3 is 14.4 Å². The highest BCUT2D eigenvalue weighted by Gasteiger charge is 2.32. The number of carbonyl (C=O) groups excluding carboxylic acids is 1. The van der Waals surface area contributed by atoms with E-state index in [0.717, 1.165) is 5.56 Å². The molecular weight excluding hydrogens is 359 g/mol. The van der Waals surface area contributed by atoms with Crippen molar-refractivity contribution < 1.29 is 18.7 Å². The highest BCUT2D eigenvalue weighted by atomic mass is 19.1. The van der Waals surface area contributed by atoms with Crippen LogP contribution in [0.1, 0.15) is 47.8 Å². The van der Waals surface area contributed by atoms with Crippen molar-refractivity contribution in [2.45, 2.75) is 32.7 Å². The summed E-state index contributed by atoms with van der Waals surface area (Å²) in [5.74, 6) is -0.516. The van der Waals surface area contributed by atoms with E-state index in [9.17, 15) is 9.18 Å². The van der Waals surface area contributed by atoms with Crippen molar-refractivity contribution in [2.24, 2.45) is 0 Å². The number of ketones is 1. The van der Waals surface area contributed by atoms with E-state index in [0.29, 0.717) is 11.1 Å². The van der Waals surface area contributed by atoms with E-state index in [2.05, 4.69) is 20.8 Å². The van der Waals surface area contributed by atoms with Gasteiger partial charge in [0, 0.05) is 12.1 Å². The molecule has 3 rings (SSSR count). The summed E-state index contributed by atoms with van der Waals surface area (Å²) in [5, 5.41) is 8.36. The van der Waals surface area contributed by atoms with Crippen molar-refractivity contribution in [1.82, 2.24) is 4.90 Å². The van der Waals surface area contributed by atoms with Crippen LogP contribution in [-0.2, 0) is 12.0 Å². The van der Waals surface area contributed by atoms with E-state index < -0.39 is 5.82 Å². The Hall–Kier alpha value is -2.89. The van der Waals surface area contributed by atoms with Crippen LogP contribution in [-0.4, -0.2) is 37.3 Å². The third-order valence-corrected chi connectivity index (χ3v) is 4.99. The Balaban J connectivity index is 1.86. The van der Waals surface area contributed by atoms with Gasteiger partial charge in [-0.15, -0.1) is 0 Å². The Bertz CT molecular complexity index is 948. The standard InChI is InChI=1S/C22H25FN2O3/c1-22(2,3)15-8-6-7-13(9-15)16(26)12-25-11-14-10-17(27-4)20(28-5)19(23)18(14)21(25)24/h6-10,24H,11-12H2,1-5H3. The molecule has 148 valence electrons. The molecule has 0 atom stereocenters. The molecule has 2 aromatic rings. The Kier molecular flexibility index (Phi) is 5.15. The smallest absolute Gasteiger partial charge is 0.197 e. The van der Waals surface area contributed by atoms with Crippen molar-refractivity contribution in [3.05, 3.63) is 58.4 Å². The first-order valence-electron chi connectivity index (χ1n) is 9.08. The normalized spacial score (nSPS) is 13.5. The number of fused-ring (bicyclic) bond motifs is 1. The summed E-state index contributed by atoms with van der Waals surface area (Å²) >= 11 is 0. The average molecular weight is 384 g/mol. The van der Waals surface area contributed by atoms with Crippen molar-refractivity contribution in [3.63, 3.8) is 0 Å². The maximum atomic E-state index is 14.8. The highest BCUT2D eigenvalue weighted by molar-refractivity contribution is 6.05. The number of carbonyl (C=O) groups is 1. The van der Waals surface area contributed by atoms with Crippen LogP contribution >= 0.6 is 0 Å². The minimum atomic E-state index is -0.633. The molecular formula is C22H25FN2O3. The van der Waals surface area contributed by atoms with Gasteiger partial charge in [0.2, 0.25) is 0 Å². The van der Waals surface area contributed by atoms with Gasteiger partial charge in [-0.3, -0.25) is 10.2 Å². The van der Waals surface area contributed by atoms with Gasteiger partial charge in [0.15, 0.2) is 23.1 Å². The summed E-state index contributed by atoms with van der Waals surface area (Å²) in [7, 11) is 2.79. The number of methoxy groups -OCH3 is 2. The van der Waals surface area contributed by atoms with Gasteiger partial charge in [-0.1, -0.05) is 39.0 Å². The predicted molar refractivity (Wildman–Crippen MR) is 106 cm³/mol. The number of benzene rings is 2. The monoisotopic (exact) mass is 384 g/mol. The summed E-state index contributed by atoms with van der Waals surface area (Å²) in [6.07, 6.45) is 0. The fourth-order valence-electron chi connectivity index (χ4n) is 3.38. The molecule has 1 aliphatic heterocycles.